The van der Waals surface area contributed by atoms with Crippen LogP contribution in [0.15, 0.2) is 6.07 Å². The van der Waals surface area contributed by atoms with Gasteiger partial charge in [-0.1, -0.05) is 0 Å². The second-order valence-electron chi connectivity index (χ2n) is 7.95. The van der Waals surface area contributed by atoms with Crippen molar-refractivity contribution in [1.82, 2.24) is 20.4 Å². The molecule has 1 aromatic heterocycles. The van der Waals surface area contributed by atoms with Crippen molar-refractivity contribution in [3.63, 3.8) is 0 Å². The molecule has 6 heteroatoms. The highest BCUT2D eigenvalue weighted by molar-refractivity contribution is 5.18. The van der Waals surface area contributed by atoms with Crippen molar-refractivity contribution in [1.29, 1.82) is 0 Å². The molecule has 24 heavy (non-hydrogen) atoms. The molecule has 0 amide bonds. The largest absolute Gasteiger partial charge is 0.391 e. The summed E-state index contributed by atoms with van der Waals surface area (Å²) in [5, 5.41) is 21.5. The van der Waals surface area contributed by atoms with Gasteiger partial charge in [0.2, 0.25) is 0 Å². The summed E-state index contributed by atoms with van der Waals surface area (Å²) in [4.78, 5) is 2.46. The van der Waals surface area contributed by atoms with Crippen molar-refractivity contribution in [2.75, 3.05) is 26.2 Å². The maximum Gasteiger partial charge on any atom is 0.0710 e. The lowest BCUT2D eigenvalue weighted by atomic mass is 9.90. The van der Waals surface area contributed by atoms with Crippen LogP contribution < -0.4 is 11.1 Å². The minimum absolute atomic E-state index is 0.169. The van der Waals surface area contributed by atoms with Crippen molar-refractivity contribution in [2.45, 2.75) is 68.5 Å². The number of likely N-dealkylation sites (tertiary alicyclic amines) is 1. The molecule has 3 fully saturated rings. The standard InChI is InChI=1S/C18H31N5O/c19-14-9-17(18(24)10-14)23-7-3-13(4-8-23)16-11-15(21-22-16)12-1-5-20-6-2-12/h11-14,17-18,20,24H,1-10,19H2,(H,21,22)/t14-,17-,18-/m0/s1. The van der Waals surface area contributed by atoms with Crippen molar-refractivity contribution in [2.24, 2.45) is 5.73 Å². The van der Waals surface area contributed by atoms with Gasteiger partial charge >= 0.3 is 0 Å². The van der Waals surface area contributed by atoms with Gasteiger partial charge in [-0.15, -0.1) is 0 Å². The molecule has 2 saturated heterocycles. The first-order valence-corrected chi connectivity index (χ1v) is 9.64. The molecule has 4 rings (SSSR count). The van der Waals surface area contributed by atoms with E-state index in [2.05, 4.69) is 26.5 Å². The molecular weight excluding hydrogens is 302 g/mol. The van der Waals surface area contributed by atoms with Crippen LogP contribution in [0.5, 0.6) is 0 Å². The summed E-state index contributed by atoms with van der Waals surface area (Å²) in [6, 6.07) is 2.76. The number of aliphatic hydroxyl groups excluding tert-OH is 1. The van der Waals surface area contributed by atoms with Gasteiger partial charge in [0.05, 0.1) is 11.8 Å². The first-order chi connectivity index (χ1) is 11.7. The van der Waals surface area contributed by atoms with E-state index in [0.29, 0.717) is 11.8 Å². The molecule has 0 aromatic carbocycles. The van der Waals surface area contributed by atoms with E-state index in [1.54, 1.807) is 0 Å². The summed E-state index contributed by atoms with van der Waals surface area (Å²) in [7, 11) is 0. The van der Waals surface area contributed by atoms with E-state index in [1.807, 2.05) is 0 Å². The van der Waals surface area contributed by atoms with Crippen LogP contribution >= 0.6 is 0 Å². The smallest absolute Gasteiger partial charge is 0.0710 e. The molecule has 0 radical (unpaired) electrons. The summed E-state index contributed by atoms with van der Waals surface area (Å²) in [6.45, 7) is 4.33. The maximum atomic E-state index is 10.2. The minimum Gasteiger partial charge on any atom is -0.391 e. The number of aliphatic hydroxyl groups is 1. The van der Waals surface area contributed by atoms with Gasteiger partial charge in [-0.2, -0.15) is 5.10 Å². The Morgan fingerprint density at radius 3 is 2.50 bits per heavy atom. The molecule has 1 aromatic rings. The van der Waals surface area contributed by atoms with E-state index < -0.39 is 0 Å². The van der Waals surface area contributed by atoms with Crippen LogP contribution in [0.1, 0.15) is 61.7 Å². The third-order valence-electron chi connectivity index (χ3n) is 6.35. The second kappa shape index (κ2) is 7.12. The number of rotatable bonds is 3. The Bertz CT molecular complexity index is 533. The highest BCUT2D eigenvalue weighted by Gasteiger charge is 2.37. The van der Waals surface area contributed by atoms with Gasteiger partial charge < -0.3 is 16.2 Å². The molecule has 3 heterocycles. The van der Waals surface area contributed by atoms with E-state index in [9.17, 15) is 5.11 Å². The van der Waals surface area contributed by atoms with Crippen molar-refractivity contribution >= 4 is 0 Å². The number of nitrogens with two attached hydrogens (primary N) is 1. The van der Waals surface area contributed by atoms with Gasteiger partial charge in [-0.25, -0.2) is 0 Å². The molecule has 1 aliphatic carbocycles. The molecular formula is C18H31N5O. The van der Waals surface area contributed by atoms with Crippen LogP contribution in [0, 0.1) is 0 Å². The number of aromatic nitrogens is 2. The lowest BCUT2D eigenvalue weighted by Gasteiger charge is -2.37. The number of hydrogen-bond donors (Lipinski definition) is 4. The number of piperidine rings is 2. The minimum atomic E-state index is -0.241. The van der Waals surface area contributed by atoms with Crippen molar-refractivity contribution in [3.8, 4) is 0 Å². The van der Waals surface area contributed by atoms with Crippen LogP contribution in [-0.2, 0) is 0 Å². The highest BCUT2D eigenvalue weighted by Crippen LogP contribution is 2.33. The Kier molecular flexibility index (Phi) is 4.90. The van der Waals surface area contributed by atoms with Gasteiger partial charge in [-0.05, 0) is 70.8 Å². The lowest BCUT2D eigenvalue weighted by Crippen LogP contribution is -2.44. The van der Waals surface area contributed by atoms with E-state index in [4.69, 9.17) is 5.73 Å². The Hall–Kier alpha value is -0.950. The average molecular weight is 333 g/mol. The zero-order chi connectivity index (χ0) is 16.5. The first kappa shape index (κ1) is 16.5. The molecule has 134 valence electrons. The van der Waals surface area contributed by atoms with E-state index >= 15 is 0 Å². The molecule has 1 saturated carbocycles. The summed E-state index contributed by atoms with van der Waals surface area (Å²) >= 11 is 0. The van der Waals surface area contributed by atoms with Gasteiger partial charge in [-0.3, -0.25) is 10.00 Å². The van der Waals surface area contributed by atoms with Gasteiger partial charge in [0.15, 0.2) is 0 Å². The van der Waals surface area contributed by atoms with Gasteiger partial charge in [0, 0.05) is 29.6 Å². The van der Waals surface area contributed by atoms with Crippen molar-refractivity contribution < 1.29 is 5.11 Å². The summed E-state index contributed by atoms with van der Waals surface area (Å²) in [5.74, 6) is 1.20. The Morgan fingerprint density at radius 2 is 1.83 bits per heavy atom. The third kappa shape index (κ3) is 3.38. The van der Waals surface area contributed by atoms with E-state index in [-0.39, 0.29) is 18.2 Å². The molecule has 3 atom stereocenters. The highest BCUT2D eigenvalue weighted by atomic mass is 16.3. The van der Waals surface area contributed by atoms with Crippen LogP contribution in [0.2, 0.25) is 0 Å². The number of H-pyrrole nitrogens is 1. The number of aromatic amines is 1. The maximum absolute atomic E-state index is 10.2. The van der Waals surface area contributed by atoms with Crippen molar-refractivity contribution in [3.05, 3.63) is 17.5 Å². The summed E-state index contributed by atoms with van der Waals surface area (Å²) in [6.07, 6.45) is 6.14. The molecule has 0 unspecified atom stereocenters. The number of nitrogens with one attached hydrogen (secondary N) is 2. The zero-order valence-electron chi connectivity index (χ0n) is 14.5. The normalized spacial score (nSPS) is 34.0. The fourth-order valence-corrected chi connectivity index (χ4v) is 4.85. The Balaban J connectivity index is 1.33. The van der Waals surface area contributed by atoms with Crippen LogP contribution in [0.3, 0.4) is 0 Å². The molecule has 3 aliphatic rings. The van der Waals surface area contributed by atoms with Gasteiger partial charge in [0.1, 0.15) is 0 Å². The molecule has 0 bridgehead atoms. The number of nitrogens with zero attached hydrogens (tertiary/aromatic N) is 2. The Labute approximate surface area is 144 Å². The molecule has 6 nitrogen and oxygen atoms in total. The van der Waals surface area contributed by atoms with Crippen LogP contribution in [0.4, 0.5) is 0 Å². The molecule has 5 N–H and O–H groups in total. The monoisotopic (exact) mass is 333 g/mol. The van der Waals surface area contributed by atoms with Gasteiger partial charge in [0.25, 0.3) is 0 Å². The quantitative estimate of drug-likeness (QED) is 0.660. The summed E-state index contributed by atoms with van der Waals surface area (Å²) in [5.41, 5.74) is 8.58. The first-order valence-electron chi connectivity index (χ1n) is 9.64. The predicted octanol–water partition coefficient (Wildman–Crippen LogP) is 0.907. The van der Waals surface area contributed by atoms with Crippen LogP contribution in [-0.4, -0.2) is 64.6 Å². The average Bonchev–Trinajstić information content (AvgIpc) is 3.22. The molecule has 2 aliphatic heterocycles. The second-order valence-corrected chi connectivity index (χ2v) is 7.95. The van der Waals surface area contributed by atoms with E-state index in [0.717, 1.165) is 51.9 Å². The number of hydrogen-bond acceptors (Lipinski definition) is 5. The third-order valence-corrected chi connectivity index (χ3v) is 6.35. The topological polar surface area (TPSA) is 90.2 Å². The van der Waals surface area contributed by atoms with E-state index in [1.165, 1.54) is 24.2 Å². The Morgan fingerprint density at radius 1 is 1.08 bits per heavy atom. The SMILES string of the molecule is N[C@@H]1C[C@H](O)[C@@H](N2CCC(c3cc(C4CCNCC4)n[nH]3)CC2)C1. The lowest BCUT2D eigenvalue weighted by molar-refractivity contribution is 0.0549. The van der Waals surface area contributed by atoms with Crippen LogP contribution in [0.25, 0.3) is 0 Å². The predicted molar refractivity (Wildman–Crippen MR) is 94.0 cm³/mol. The fourth-order valence-electron chi connectivity index (χ4n) is 4.85. The molecule has 0 spiro atoms. The summed E-state index contributed by atoms with van der Waals surface area (Å²) < 4.78 is 0. The fraction of sp³-hybridized carbons (Fsp3) is 0.833. The zero-order valence-corrected chi connectivity index (χ0v) is 14.5.